The van der Waals surface area contributed by atoms with Crippen LogP contribution in [-0.4, -0.2) is 66.8 Å². The molecule has 1 atom stereocenters. The van der Waals surface area contributed by atoms with Crippen molar-refractivity contribution in [3.63, 3.8) is 0 Å². The molecule has 1 aromatic heterocycles. The molecular weight excluding hydrogens is 370 g/mol. The third-order valence-corrected chi connectivity index (χ3v) is 5.93. The SMILES string of the molecule is CS(=O)(=O)N1CCCC(C(=O)NCCCn2cccn2)CCNC(=O)CC1. The minimum Gasteiger partial charge on any atom is -0.356 e. The van der Waals surface area contributed by atoms with Gasteiger partial charge in [0.1, 0.15) is 0 Å². The average Bonchev–Trinajstić information content (AvgIpc) is 3.10. The summed E-state index contributed by atoms with van der Waals surface area (Å²) in [7, 11) is -3.36. The molecule has 1 fully saturated rings. The van der Waals surface area contributed by atoms with Crippen molar-refractivity contribution in [2.45, 2.75) is 38.6 Å². The van der Waals surface area contributed by atoms with Crippen molar-refractivity contribution in [1.29, 1.82) is 0 Å². The summed E-state index contributed by atoms with van der Waals surface area (Å²) in [4.78, 5) is 24.3. The van der Waals surface area contributed by atoms with E-state index in [-0.39, 0.29) is 30.7 Å². The lowest BCUT2D eigenvalue weighted by Gasteiger charge is -2.20. The van der Waals surface area contributed by atoms with Gasteiger partial charge in [-0.25, -0.2) is 12.7 Å². The number of nitrogens with one attached hydrogen (secondary N) is 2. The number of rotatable bonds is 6. The Labute approximate surface area is 160 Å². The molecule has 2 rings (SSSR count). The summed E-state index contributed by atoms with van der Waals surface area (Å²) in [6, 6.07) is 1.86. The first-order valence-corrected chi connectivity index (χ1v) is 11.2. The lowest BCUT2D eigenvalue weighted by atomic mass is 9.98. The topological polar surface area (TPSA) is 113 Å². The maximum atomic E-state index is 12.5. The first-order valence-electron chi connectivity index (χ1n) is 9.33. The number of amides is 2. The van der Waals surface area contributed by atoms with Gasteiger partial charge in [-0.1, -0.05) is 0 Å². The van der Waals surface area contributed by atoms with E-state index >= 15 is 0 Å². The average molecular weight is 400 g/mol. The summed E-state index contributed by atoms with van der Waals surface area (Å²) >= 11 is 0. The molecule has 10 heteroatoms. The van der Waals surface area contributed by atoms with Gasteiger partial charge in [0.25, 0.3) is 0 Å². The van der Waals surface area contributed by atoms with Crippen molar-refractivity contribution in [2.75, 3.05) is 32.4 Å². The molecule has 2 amide bonds. The van der Waals surface area contributed by atoms with Crippen molar-refractivity contribution < 1.29 is 18.0 Å². The molecule has 1 aliphatic heterocycles. The lowest BCUT2D eigenvalue weighted by molar-refractivity contribution is -0.126. The first-order chi connectivity index (χ1) is 12.9. The number of carbonyl (C=O) groups is 2. The van der Waals surface area contributed by atoms with Gasteiger partial charge in [0, 0.05) is 57.5 Å². The van der Waals surface area contributed by atoms with Crippen molar-refractivity contribution in [3.8, 4) is 0 Å². The molecule has 1 aliphatic rings. The normalized spacial score (nSPS) is 20.5. The second kappa shape index (κ2) is 10.4. The summed E-state index contributed by atoms with van der Waals surface area (Å²) in [6.45, 7) is 2.21. The molecule has 1 aromatic rings. The number of aryl methyl sites for hydroxylation is 1. The summed E-state index contributed by atoms with van der Waals surface area (Å²) < 4.78 is 26.8. The third-order valence-electron chi connectivity index (χ3n) is 4.63. The lowest BCUT2D eigenvalue weighted by Crippen LogP contribution is -2.35. The first kappa shape index (κ1) is 21.4. The standard InChI is InChI=1S/C17H29N5O4S/c1-27(25,26)22-13-2-5-15(6-10-18-16(23)7-14-22)17(24)19-8-3-11-21-12-4-9-20-21/h4,9,12,15H,2-3,5-8,10-11,13-14H2,1H3,(H,18,23)(H,19,24). The zero-order valence-electron chi connectivity index (χ0n) is 15.8. The molecule has 0 spiro atoms. The molecule has 0 aromatic carbocycles. The second-order valence-corrected chi connectivity index (χ2v) is 8.79. The molecule has 152 valence electrons. The van der Waals surface area contributed by atoms with Gasteiger partial charge in [-0.2, -0.15) is 5.10 Å². The van der Waals surface area contributed by atoms with E-state index < -0.39 is 10.0 Å². The van der Waals surface area contributed by atoms with Crippen LogP contribution in [0.5, 0.6) is 0 Å². The van der Waals surface area contributed by atoms with Crippen LogP contribution in [0.2, 0.25) is 0 Å². The highest BCUT2D eigenvalue weighted by Gasteiger charge is 2.22. The largest absolute Gasteiger partial charge is 0.356 e. The predicted octanol–water partition coefficient (Wildman–Crippen LogP) is -0.0426. The molecule has 2 N–H and O–H groups in total. The summed E-state index contributed by atoms with van der Waals surface area (Å²) in [6.07, 6.45) is 7.39. The van der Waals surface area contributed by atoms with Crippen LogP contribution in [0.15, 0.2) is 18.5 Å². The summed E-state index contributed by atoms with van der Waals surface area (Å²) in [5, 5.41) is 9.83. The van der Waals surface area contributed by atoms with Gasteiger partial charge in [0.15, 0.2) is 0 Å². The molecule has 2 heterocycles. The van der Waals surface area contributed by atoms with E-state index in [1.165, 1.54) is 4.31 Å². The van der Waals surface area contributed by atoms with Gasteiger partial charge in [-0.15, -0.1) is 0 Å². The van der Waals surface area contributed by atoms with Crippen molar-refractivity contribution >= 4 is 21.8 Å². The smallest absolute Gasteiger partial charge is 0.223 e. The molecule has 0 bridgehead atoms. The number of hydrogen-bond donors (Lipinski definition) is 2. The van der Waals surface area contributed by atoms with E-state index in [1.807, 2.05) is 16.9 Å². The van der Waals surface area contributed by atoms with Crippen LogP contribution in [0.4, 0.5) is 0 Å². The third kappa shape index (κ3) is 7.67. The number of hydrogen-bond acceptors (Lipinski definition) is 5. The zero-order chi connectivity index (χ0) is 19.7. The van der Waals surface area contributed by atoms with Crippen LogP contribution in [0.3, 0.4) is 0 Å². The van der Waals surface area contributed by atoms with Gasteiger partial charge >= 0.3 is 0 Å². The second-order valence-electron chi connectivity index (χ2n) is 6.80. The molecule has 9 nitrogen and oxygen atoms in total. The fourth-order valence-electron chi connectivity index (χ4n) is 3.09. The number of nitrogens with zero attached hydrogens (tertiary/aromatic N) is 3. The molecule has 1 unspecified atom stereocenters. The van der Waals surface area contributed by atoms with Crippen LogP contribution >= 0.6 is 0 Å². The Hall–Kier alpha value is -1.94. The number of sulfonamides is 1. The molecule has 1 saturated heterocycles. The molecule has 0 radical (unpaired) electrons. The Morgan fingerprint density at radius 1 is 1.37 bits per heavy atom. The highest BCUT2D eigenvalue weighted by molar-refractivity contribution is 7.88. The Morgan fingerprint density at radius 3 is 2.89 bits per heavy atom. The van der Waals surface area contributed by atoms with E-state index in [2.05, 4.69) is 15.7 Å². The predicted molar refractivity (Wildman–Crippen MR) is 101 cm³/mol. The van der Waals surface area contributed by atoms with Crippen molar-refractivity contribution in [1.82, 2.24) is 24.7 Å². The summed E-state index contributed by atoms with van der Waals surface area (Å²) in [5.74, 6) is -0.478. The van der Waals surface area contributed by atoms with E-state index in [0.29, 0.717) is 38.9 Å². The maximum Gasteiger partial charge on any atom is 0.223 e. The van der Waals surface area contributed by atoms with Crippen LogP contribution in [-0.2, 0) is 26.2 Å². The van der Waals surface area contributed by atoms with Gasteiger partial charge in [-0.05, 0) is 31.7 Å². The van der Waals surface area contributed by atoms with Crippen LogP contribution in [0.25, 0.3) is 0 Å². The molecule has 0 saturated carbocycles. The fraction of sp³-hybridized carbons (Fsp3) is 0.706. The van der Waals surface area contributed by atoms with E-state index in [4.69, 9.17) is 0 Å². The fourth-order valence-corrected chi connectivity index (χ4v) is 3.98. The quantitative estimate of drug-likeness (QED) is 0.652. The Kier molecular flexibility index (Phi) is 8.23. The minimum absolute atomic E-state index is 0.0464. The Bertz CT molecular complexity index is 705. The van der Waals surface area contributed by atoms with Crippen LogP contribution in [0.1, 0.15) is 32.1 Å². The Morgan fingerprint density at radius 2 is 2.19 bits per heavy atom. The van der Waals surface area contributed by atoms with Crippen LogP contribution in [0, 0.1) is 5.92 Å². The zero-order valence-corrected chi connectivity index (χ0v) is 16.6. The monoisotopic (exact) mass is 399 g/mol. The highest BCUT2D eigenvalue weighted by Crippen LogP contribution is 2.14. The highest BCUT2D eigenvalue weighted by atomic mass is 32.2. The van der Waals surface area contributed by atoms with Gasteiger partial charge < -0.3 is 10.6 Å². The minimum atomic E-state index is -3.36. The summed E-state index contributed by atoms with van der Waals surface area (Å²) in [5.41, 5.74) is 0. The molecule has 0 aliphatic carbocycles. The number of aromatic nitrogens is 2. The van der Waals surface area contributed by atoms with E-state index in [9.17, 15) is 18.0 Å². The Balaban J connectivity index is 1.84. The van der Waals surface area contributed by atoms with Gasteiger partial charge in [0.2, 0.25) is 21.8 Å². The number of carbonyl (C=O) groups excluding carboxylic acids is 2. The van der Waals surface area contributed by atoms with Gasteiger partial charge in [0.05, 0.1) is 6.26 Å². The molecular formula is C17H29N5O4S. The van der Waals surface area contributed by atoms with Crippen molar-refractivity contribution in [2.24, 2.45) is 5.92 Å². The van der Waals surface area contributed by atoms with E-state index in [0.717, 1.165) is 19.2 Å². The van der Waals surface area contributed by atoms with Crippen molar-refractivity contribution in [3.05, 3.63) is 18.5 Å². The van der Waals surface area contributed by atoms with Crippen LogP contribution < -0.4 is 10.6 Å². The molecule has 27 heavy (non-hydrogen) atoms. The maximum absolute atomic E-state index is 12.5. The van der Waals surface area contributed by atoms with Gasteiger partial charge in [-0.3, -0.25) is 14.3 Å². The van der Waals surface area contributed by atoms with E-state index in [1.54, 1.807) is 6.20 Å².